The molecule has 7 nitrogen and oxygen atoms in total. The van der Waals surface area contributed by atoms with Gasteiger partial charge >= 0.3 is 0 Å². The van der Waals surface area contributed by atoms with Crippen molar-refractivity contribution >= 4 is 39.1 Å². The van der Waals surface area contributed by atoms with Gasteiger partial charge in [0.15, 0.2) is 0 Å². The van der Waals surface area contributed by atoms with Crippen molar-refractivity contribution in [3.05, 3.63) is 94.5 Å². The average molecular weight is 570 g/mol. The minimum Gasteiger partial charge on any atom is -0.354 e. The van der Waals surface area contributed by atoms with Crippen LogP contribution >= 0.6 is 11.6 Å². The molecular formula is C30H36ClN3O4S. The Morgan fingerprint density at radius 3 is 2.18 bits per heavy atom. The third-order valence-corrected chi connectivity index (χ3v) is 8.63. The summed E-state index contributed by atoms with van der Waals surface area (Å²) in [6.07, 6.45) is 1.12. The van der Waals surface area contributed by atoms with Crippen molar-refractivity contribution in [1.82, 2.24) is 10.2 Å². The molecule has 9 heteroatoms. The summed E-state index contributed by atoms with van der Waals surface area (Å²) in [5.41, 5.74) is 3.06. The van der Waals surface area contributed by atoms with Crippen LogP contribution in [-0.4, -0.2) is 44.3 Å². The highest BCUT2D eigenvalue weighted by atomic mass is 35.5. The number of carbonyl (C=O) groups excluding carboxylic acids is 2. The number of hydrogen-bond donors (Lipinski definition) is 1. The van der Waals surface area contributed by atoms with Gasteiger partial charge in [0, 0.05) is 18.1 Å². The Morgan fingerprint density at radius 1 is 0.923 bits per heavy atom. The van der Waals surface area contributed by atoms with Gasteiger partial charge in [-0.15, -0.1) is 0 Å². The van der Waals surface area contributed by atoms with Crippen molar-refractivity contribution in [1.29, 1.82) is 0 Å². The van der Waals surface area contributed by atoms with Gasteiger partial charge in [0.05, 0.1) is 10.6 Å². The number of hydrogen-bond acceptors (Lipinski definition) is 4. The highest BCUT2D eigenvalue weighted by Gasteiger charge is 2.33. The maximum Gasteiger partial charge on any atom is 0.264 e. The number of anilines is 1. The molecule has 208 valence electrons. The summed E-state index contributed by atoms with van der Waals surface area (Å²) in [7, 11) is -4.09. The molecule has 0 heterocycles. The summed E-state index contributed by atoms with van der Waals surface area (Å²) in [6.45, 7) is 7.76. The van der Waals surface area contributed by atoms with E-state index in [2.05, 4.69) is 5.32 Å². The van der Waals surface area contributed by atoms with Crippen LogP contribution in [-0.2, 0) is 26.2 Å². The molecule has 0 bridgehead atoms. The van der Waals surface area contributed by atoms with E-state index in [0.29, 0.717) is 23.7 Å². The molecule has 3 aromatic carbocycles. The Bertz CT molecular complexity index is 1380. The van der Waals surface area contributed by atoms with Gasteiger partial charge in [0.25, 0.3) is 10.0 Å². The molecule has 39 heavy (non-hydrogen) atoms. The van der Waals surface area contributed by atoms with Crippen LogP contribution in [0.4, 0.5) is 5.69 Å². The van der Waals surface area contributed by atoms with E-state index in [-0.39, 0.29) is 17.3 Å². The first kappa shape index (κ1) is 30.2. The maximum absolute atomic E-state index is 14.0. The molecule has 0 aliphatic carbocycles. The van der Waals surface area contributed by atoms with E-state index in [1.54, 1.807) is 54.6 Å². The minimum absolute atomic E-state index is 0.0769. The van der Waals surface area contributed by atoms with Crippen molar-refractivity contribution < 1.29 is 18.0 Å². The monoisotopic (exact) mass is 569 g/mol. The van der Waals surface area contributed by atoms with Crippen LogP contribution in [0.2, 0.25) is 5.02 Å². The molecule has 1 N–H and O–H groups in total. The number of aryl methyl sites for hydroxylation is 2. The maximum atomic E-state index is 14.0. The minimum atomic E-state index is -4.09. The molecule has 3 rings (SSSR count). The summed E-state index contributed by atoms with van der Waals surface area (Å²) in [5, 5.41) is 3.44. The van der Waals surface area contributed by atoms with Crippen LogP contribution < -0.4 is 9.62 Å². The Morgan fingerprint density at radius 2 is 1.59 bits per heavy atom. The quantitative estimate of drug-likeness (QED) is 0.313. The van der Waals surface area contributed by atoms with Crippen molar-refractivity contribution in [2.75, 3.05) is 17.4 Å². The van der Waals surface area contributed by atoms with Crippen LogP contribution in [0.15, 0.2) is 77.7 Å². The van der Waals surface area contributed by atoms with Gasteiger partial charge in [-0.3, -0.25) is 13.9 Å². The fraction of sp³-hybridized carbons (Fsp3) is 0.333. The number of carbonyl (C=O) groups is 2. The van der Waals surface area contributed by atoms with E-state index in [4.69, 9.17) is 11.6 Å². The first-order valence-electron chi connectivity index (χ1n) is 13.0. The summed E-state index contributed by atoms with van der Waals surface area (Å²) in [6, 6.07) is 19.6. The van der Waals surface area contributed by atoms with E-state index < -0.39 is 28.5 Å². The number of nitrogens with zero attached hydrogens (tertiary/aromatic N) is 2. The van der Waals surface area contributed by atoms with Crippen LogP contribution in [0, 0.1) is 13.8 Å². The van der Waals surface area contributed by atoms with Crippen molar-refractivity contribution in [2.45, 2.75) is 58.0 Å². The zero-order valence-corrected chi connectivity index (χ0v) is 24.4. The zero-order chi connectivity index (χ0) is 28.6. The predicted molar refractivity (Wildman–Crippen MR) is 156 cm³/mol. The molecule has 2 amide bonds. The number of amides is 2. The summed E-state index contributed by atoms with van der Waals surface area (Å²) < 4.78 is 28.8. The summed E-state index contributed by atoms with van der Waals surface area (Å²) in [4.78, 5) is 28.7. The Kier molecular flexibility index (Phi) is 10.5. The van der Waals surface area contributed by atoms with E-state index in [0.717, 1.165) is 27.4 Å². The van der Waals surface area contributed by atoms with Gasteiger partial charge in [-0.05, 0) is 79.8 Å². The molecule has 0 saturated carbocycles. The first-order valence-corrected chi connectivity index (χ1v) is 14.9. The van der Waals surface area contributed by atoms with Gasteiger partial charge in [0.1, 0.15) is 12.6 Å². The lowest BCUT2D eigenvalue weighted by molar-refractivity contribution is -0.140. The van der Waals surface area contributed by atoms with Gasteiger partial charge in [-0.25, -0.2) is 8.42 Å². The van der Waals surface area contributed by atoms with Gasteiger partial charge in [-0.1, -0.05) is 61.8 Å². The molecule has 0 aliphatic rings. The van der Waals surface area contributed by atoms with Gasteiger partial charge in [-0.2, -0.15) is 0 Å². The molecule has 0 spiro atoms. The first-order chi connectivity index (χ1) is 18.6. The Balaban J connectivity index is 2.06. The molecule has 0 radical (unpaired) electrons. The number of halogens is 1. The number of nitrogens with one attached hydrogen (secondary N) is 1. The van der Waals surface area contributed by atoms with E-state index in [9.17, 15) is 18.0 Å². The average Bonchev–Trinajstić information content (AvgIpc) is 2.93. The lowest BCUT2D eigenvalue weighted by Gasteiger charge is -2.33. The van der Waals surface area contributed by atoms with Crippen molar-refractivity contribution in [3.63, 3.8) is 0 Å². The summed E-state index contributed by atoms with van der Waals surface area (Å²) >= 11 is 6.06. The van der Waals surface area contributed by atoms with Gasteiger partial charge in [0.2, 0.25) is 11.8 Å². The highest BCUT2D eigenvalue weighted by molar-refractivity contribution is 7.92. The second-order valence-corrected chi connectivity index (χ2v) is 11.8. The second kappa shape index (κ2) is 13.6. The molecule has 1 atom stereocenters. The molecule has 0 aliphatic heterocycles. The third-order valence-electron chi connectivity index (χ3n) is 6.59. The smallest absolute Gasteiger partial charge is 0.264 e. The SMILES string of the molecule is CCCNC(=O)[C@@H](CC)N(Cc1ccc(Cl)cc1)C(=O)CN(c1ccc(C)c(C)c1)S(=O)(=O)c1ccccc1. The standard InChI is InChI=1S/C30H36ClN3O4S/c1-5-18-32-30(36)28(6-2)33(20-24-13-15-25(31)16-14-24)29(35)21-34(26-17-12-22(3)23(4)19-26)39(37,38)27-10-8-7-9-11-27/h7-17,19,28H,5-6,18,20-21H2,1-4H3,(H,32,36)/t28-/m1/s1. The highest BCUT2D eigenvalue weighted by Crippen LogP contribution is 2.27. The van der Waals surface area contributed by atoms with Crippen LogP contribution in [0.25, 0.3) is 0 Å². The normalized spacial score (nSPS) is 12.0. The topological polar surface area (TPSA) is 86.8 Å². The molecule has 0 unspecified atom stereocenters. The van der Waals surface area contributed by atoms with E-state index in [1.165, 1.54) is 17.0 Å². The lowest BCUT2D eigenvalue weighted by atomic mass is 10.1. The summed E-state index contributed by atoms with van der Waals surface area (Å²) in [5.74, 6) is -0.758. The third kappa shape index (κ3) is 7.61. The molecule has 0 aromatic heterocycles. The van der Waals surface area contributed by atoms with Crippen LogP contribution in [0.1, 0.15) is 43.4 Å². The largest absolute Gasteiger partial charge is 0.354 e. The fourth-order valence-electron chi connectivity index (χ4n) is 4.20. The van der Waals surface area contributed by atoms with Crippen molar-refractivity contribution in [3.8, 4) is 0 Å². The van der Waals surface area contributed by atoms with Crippen molar-refractivity contribution in [2.24, 2.45) is 0 Å². The fourth-order valence-corrected chi connectivity index (χ4v) is 5.75. The number of rotatable bonds is 12. The number of benzene rings is 3. The van der Waals surface area contributed by atoms with E-state index in [1.807, 2.05) is 33.8 Å². The van der Waals surface area contributed by atoms with Crippen LogP contribution in [0.5, 0.6) is 0 Å². The zero-order valence-electron chi connectivity index (χ0n) is 22.9. The Labute approximate surface area is 236 Å². The number of sulfonamides is 1. The molecule has 0 saturated heterocycles. The Hall–Kier alpha value is -3.36. The second-order valence-electron chi connectivity index (χ2n) is 9.46. The molecular weight excluding hydrogens is 534 g/mol. The molecule has 3 aromatic rings. The predicted octanol–water partition coefficient (Wildman–Crippen LogP) is 5.49. The van der Waals surface area contributed by atoms with E-state index >= 15 is 0 Å². The van der Waals surface area contributed by atoms with Gasteiger partial charge < -0.3 is 10.2 Å². The van der Waals surface area contributed by atoms with Crippen LogP contribution in [0.3, 0.4) is 0 Å². The lowest BCUT2D eigenvalue weighted by Crippen LogP contribution is -2.52. The molecule has 0 fully saturated rings.